The Morgan fingerprint density at radius 1 is 1.42 bits per heavy atom. The molecule has 1 fully saturated rings. The van der Waals surface area contributed by atoms with Crippen molar-refractivity contribution >= 4 is 0 Å². The van der Waals surface area contributed by atoms with Crippen molar-refractivity contribution in [1.29, 1.82) is 0 Å². The number of aryl methyl sites for hydroxylation is 1. The van der Waals surface area contributed by atoms with Crippen LogP contribution in [0.4, 0.5) is 0 Å². The summed E-state index contributed by atoms with van der Waals surface area (Å²) in [6, 6.07) is 7.93. The number of nitrogens with zero attached hydrogens (tertiary/aromatic N) is 1. The van der Waals surface area contributed by atoms with Crippen molar-refractivity contribution in [1.82, 2.24) is 4.90 Å². The number of hydrogen-bond acceptors (Lipinski definition) is 3. The molecule has 0 heterocycles. The van der Waals surface area contributed by atoms with Crippen LogP contribution in [0.2, 0.25) is 0 Å². The van der Waals surface area contributed by atoms with Gasteiger partial charge in [0.2, 0.25) is 0 Å². The number of ether oxygens (including phenoxy) is 1. The number of likely N-dealkylation sites (N-methyl/N-ethyl adjacent to an activating group) is 1. The second-order valence-corrected chi connectivity index (χ2v) is 5.80. The first-order chi connectivity index (χ1) is 9.13. The van der Waals surface area contributed by atoms with E-state index in [1.54, 1.807) is 0 Å². The van der Waals surface area contributed by atoms with Gasteiger partial charge in [0.05, 0.1) is 0 Å². The van der Waals surface area contributed by atoms with Gasteiger partial charge in [-0.3, -0.25) is 0 Å². The fraction of sp³-hybridized carbons (Fsp3) is 0.625. The normalized spacial score (nSPS) is 17.3. The third-order valence-corrected chi connectivity index (χ3v) is 3.75. The van der Waals surface area contributed by atoms with Crippen LogP contribution in [0.5, 0.6) is 5.75 Å². The van der Waals surface area contributed by atoms with E-state index in [2.05, 4.69) is 11.9 Å². The van der Waals surface area contributed by atoms with E-state index in [-0.39, 0.29) is 0 Å². The van der Waals surface area contributed by atoms with Crippen LogP contribution in [-0.2, 0) is 0 Å². The smallest absolute Gasteiger partial charge is 0.119 e. The summed E-state index contributed by atoms with van der Waals surface area (Å²) >= 11 is 0. The number of benzene rings is 1. The maximum absolute atomic E-state index is 9.99. The van der Waals surface area contributed by atoms with E-state index in [1.165, 1.54) is 24.8 Å². The van der Waals surface area contributed by atoms with Gasteiger partial charge in [-0.25, -0.2) is 0 Å². The molecule has 1 aliphatic carbocycles. The molecular weight excluding hydrogens is 238 g/mol. The zero-order chi connectivity index (χ0) is 13.7. The van der Waals surface area contributed by atoms with Gasteiger partial charge < -0.3 is 14.7 Å². The summed E-state index contributed by atoms with van der Waals surface area (Å²) in [6.07, 6.45) is 3.64. The predicted molar refractivity (Wildman–Crippen MR) is 77.5 cm³/mol. The average Bonchev–Trinajstić information content (AvgIpc) is 2.32. The summed E-state index contributed by atoms with van der Waals surface area (Å²) in [5, 5.41) is 9.99. The van der Waals surface area contributed by atoms with Gasteiger partial charge in [-0.1, -0.05) is 18.6 Å². The summed E-state index contributed by atoms with van der Waals surface area (Å²) in [5.74, 6) is 1.68. The highest BCUT2D eigenvalue weighted by Crippen LogP contribution is 2.26. The van der Waals surface area contributed by atoms with Crippen molar-refractivity contribution in [2.24, 2.45) is 5.92 Å². The van der Waals surface area contributed by atoms with Gasteiger partial charge in [0.25, 0.3) is 0 Å². The van der Waals surface area contributed by atoms with Crippen LogP contribution in [0.1, 0.15) is 24.8 Å². The molecular formula is C16H25NO2. The van der Waals surface area contributed by atoms with Crippen molar-refractivity contribution in [3.8, 4) is 5.75 Å². The number of aliphatic hydroxyl groups is 1. The molecule has 3 nitrogen and oxygen atoms in total. The first-order valence-corrected chi connectivity index (χ1v) is 7.19. The molecule has 0 radical (unpaired) electrons. The molecule has 0 spiro atoms. The second kappa shape index (κ2) is 6.92. The summed E-state index contributed by atoms with van der Waals surface area (Å²) in [7, 11) is 2.08. The van der Waals surface area contributed by atoms with Crippen molar-refractivity contribution in [3.63, 3.8) is 0 Å². The molecule has 0 bridgehead atoms. The lowest BCUT2D eigenvalue weighted by atomic mass is 9.85. The second-order valence-electron chi connectivity index (χ2n) is 5.80. The van der Waals surface area contributed by atoms with E-state index in [0.717, 1.165) is 18.2 Å². The Bertz CT molecular complexity index is 390. The first kappa shape index (κ1) is 14.4. The van der Waals surface area contributed by atoms with Gasteiger partial charge in [0, 0.05) is 13.1 Å². The van der Waals surface area contributed by atoms with E-state index in [1.807, 2.05) is 31.2 Å². The van der Waals surface area contributed by atoms with Gasteiger partial charge in [0.15, 0.2) is 0 Å². The topological polar surface area (TPSA) is 32.7 Å². The van der Waals surface area contributed by atoms with Gasteiger partial charge in [0.1, 0.15) is 18.5 Å². The van der Waals surface area contributed by atoms with E-state index in [4.69, 9.17) is 4.74 Å². The van der Waals surface area contributed by atoms with Gasteiger partial charge in [-0.2, -0.15) is 0 Å². The monoisotopic (exact) mass is 263 g/mol. The molecule has 0 amide bonds. The van der Waals surface area contributed by atoms with Crippen molar-refractivity contribution in [3.05, 3.63) is 29.8 Å². The Morgan fingerprint density at radius 2 is 2.21 bits per heavy atom. The minimum absolute atomic E-state index is 0.360. The van der Waals surface area contributed by atoms with E-state index in [0.29, 0.717) is 13.2 Å². The largest absolute Gasteiger partial charge is 0.491 e. The Morgan fingerprint density at radius 3 is 2.84 bits per heavy atom. The highest BCUT2D eigenvalue weighted by Gasteiger charge is 2.20. The molecule has 0 saturated heterocycles. The SMILES string of the molecule is Cc1cccc(OCC(O)CN(C)CC2CCC2)c1. The number of hydrogen-bond donors (Lipinski definition) is 1. The summed E-state index contributed by atoms with van der Waals surface area (Å²) < 4.78 is 5.62. The van der Waals surface area contributed by atoms with Crippen LogP contribution in [0.15, 0.2) is 24.3 Å². The van der Waals surface area contributed by atoms with Crippen LogP contribution < -0.4 is 4.74 Å². The molecule has 3 heteroatoms. The lowest BCUT2D eigenvalue weighted by Gasteiger charge is -2.31. The number of rotatable bonds is 7. The zero-order valence-electron chi connectivity index (χ0n) is 12.0. The Hall–Kier alpha value is -1.06. The molecule has 1 saturated carbocycles. The highest BCUT2D eigenvalue weighted by atomic mass is 16.5. The Balaban J connectivity index is 1.67. The standard InChI is InChI=1S/C16H25NO2/c1-13-5-3-8-16(9-13)19-12-15(18)11-17(2)10-14-6-4-7-14/h3,5,8-9,14-15,18H,4,6-7,10-12H2,1-2H3. The third-order valence-electron chi connectivity index (χ3n) is 3.75. The van der Waals surface area contributed by atoms with Crippen molar-refractivity contribution in [2.75, 3.05) is 26.7 Å². The molecule has 1 aliphatic rings. The van der Waals surface area contributed by atoms with Gasteiger partial charge in [-0.15, -0.1) is 0 Å². The molecule has 0 aliphatic heterocycles. The number of aliphatic hydroxyl groups excluding tert-OH is 1. The van der Waals surface area contributed by atoms with Crippen molar-refractivity contribution < 1.29 is 9.84 Å². The van der Waals surface area contributed by atoms with Crippen LogP contribution in [0.3, 0.4) is 0 Å². The lowest BCUT2D eigenvalue weighted by molar-refractivity contribution is 0.0665. The molecule has 1 unspecified atom stereocenters. The predicted octanol–water partition coefficient (Wildman–Crippen LogP) is 2.47. The van der Waals surface area contributed by atoms with E-state index in [9.17, 15) is 5.11 Å². The van der Waals surface area contributed by atoms with Crippen LogP contribution in [-0.4, -0.2) is 42.9 Å². The van der Waals surface area contributed by atoms with Crippen LogP contribution >= 0.6 is 0 Å². The van der Waals surface area contributed by atoms with E-state index < -0.39 is 6.10 Å². The Labute approximate surface area is 116 Å². The molecule has 1 atom stereocenters. The minimum Gasteiger partial charge on any atom is -0.491 e. The summed E-state index contributed by atoms with van der Waals surface area (Å²) in [6.45, 7) is 4.18. The van der Waals surface area contributed by atoms with Crippen LogP contribution in [0, 0.1) is 12.8 Å². The average molecular weight is 263 g/mol. The first-order valence-electron chi connectivity index (χ1n) is 7.19. The third kappa shape index (κ3) is 4.84. The zero-order valence-corrected chi connectivity index (χ0v) is 12.0. The molecule has 0 aromatic heterocycles. The lowest BCUT2D eigenvalue weighted by Crippen LogP contribution is -2.37. The molecule has 1 aromatic carbocycles. The maximum atomic E-state index is 9.99. The van der Waals surface area contributed by atoms with E-state index >= 15 is 0 Å². The van der Waals surface area contributed by atoms with Crippen LogP contribution in [0.25, 0.3) is 0 Å². The maximum Gasteiger partial charge on any atom is 0.119 e. The molecule has 1 aromatic rings. The molecule has 19 heavy (non-hydrogen) atoms. The fourth-order valence-corrected chi connectivity index (χ4v) is 2.50. The molecule has 106 valence electrons. The quantitative estimate of drug-likeness (QED) is 0.820. The fourth-order valence-electron chi connectivity index (χ4n) is 2.50. The van der Waals surface area contributed by atoms with Gasteiger partial charge >= 0.3 is 0 Å². The highest BCUT2D eigenvalue weighted by molar-refractivity contribution is 5.27. The summed E-state index contributed by atoms with van der Waals surface area (Å²) in [4.78, 5) is 2.22. The van der Waals surface area contributed by atoms with Gasteiger partial charge in [-0.05, 0) is 50.4 Å². The molecule has 1 N–H and O–H groups in total. The Kier molecular flexibility index (Phi) is 5.23. The minimum atomic E-state index is -0.425. The summed E-state index contributed by atoms with van der Waals surface area (Å²) in [5.41, 5.74) is 1.18. The van der Waals surface area contributed by atoms with Crippen molar-refractivity contribution in [2.45, 2.75) is 32.3 Å². The molecule has 2 rings (SSSR count).